The van der Waals surface area contributed by atoms with E-state index < -0.39 is 0 Å². The van der Waals surface area contributed by atoms with Crippen LogP contribution in [0.5, 0.6) is 0 Å². The first-order chi connectivity index (χ1) is 10.6. The summed E-state index contributed by atoms with van der Waals surface area (Å²) in [5.74, 6) is 0.522. The third-order valence-electron chi connectivity index (χ3n) is 4.03. The van der Waals surface area contributed by atoms with Crippen molar-refractivity contribution >= 4 is 11.6 Å². The van der Waals surface area contributed by atoms with Crippen molar-refractivity contribution in [2.24, 2.45) is 0 Å². The van der Waals surface area contributed by atoms with Gasteiger partial charge in [0.15, 0.2) is 0 Å². The number of benzene rings is 2. The van der Waals surface area contributed by atoms with Crippen LogP contribution in [0.25, 0.3) is 11.1 Å². The van der Waals surface area contributed by atoms with Crippen LogP contribution in [-0.2, 0) is 6.54 Å². The Morgan fingerprint density at radius 1 is 1.14 bits per heavy atom. The lowest BCUT2D eigenvalue weighted by atomic mass is 9.93. The average Bonchev–Trinajstić information content (AvgIpc) is 3.01. The van der Waals surface area contributed by atoms with Crippen molar-refractivity contribution in [2.45, 2.75) is 26.3 Å². The molecule has 1 heterocycles. The molecule has 0 spiro atoms. The van der Waals surface area contributed by atoms with E-state index in [-0.39, 0.29) is 0 Å². The summed E-state index contributed by atoms with van der Waals surface area (Å²) >= 11 is 6.03. The first-order valence-corrected chi connectivity index (χ1v) is 8.04. The highest BCUT2D eigenvalue weighted by molar-refractivity contribution is 6.30. The Balaban J connectivity index is 2.00. The molecule has 0 radical (unpaired) electrons. The smallest absolute Gasteiger partial charge is 0.0870 e. The van der Waals surface area contributed by atoms with E-state index in [1.807, 2.05) is 18.3 Å². The van der Waals surface area contributed by atoms with Crippen LogP contribution >= 0.6 is 11.6 Å². The molecule has 0 aromatic heterocycles. The molecular weight excluding hydrogens is 292 g/mol. The Kier molecular flexibility index (Phi) is 4.39. The van der Waals surface area contributed by atoms with Crippen molar-refractivity contribution in [3.05, 3.63) is 71.0 Å². The monoisotopic (exact) mass is 312 g/mol. The second kappa shape index (κ2) is 6.45. The molecule has 0 amide bonds. The molecule has 2 aromatic carbocycles. The quantitative estimate of drug-likeness (QED) is 0.858. The number of nitrogens with one attached hydrogen (secondary N) is 1. The van der Waals surface area contributed by atoms with Crippen molar-refractivity contribution in [1.29, 1.82) is 0 Å². The number of nitrogens with zero attached hydrogens (tertiary/aromatic N) is 1. The topological polar surface area (TPSA) is 15.3 Å². The maximum absolute atomic E-state index is 6.03. The standard InChI is InChI=1S/C19H21ClN2/c1-14(2)16-3-4-17(12-22-10-9-21-13-22)19(11-16)15-5-7-18(20)8-6-15/h3-11,14,21H,12-13H2,1-2H3. The molecule has 3 heteroatoms. The highest BCUT2D eigenvalue weighted by Gasteiger charge is 2.12. The van der Waals surface area contributed by atoms with Crippen LogP contribution in [0, 0.1) is 0 Å². The van der Waals surface area contributed by atoms with Gasteiger partial charge in [-0.15, -0.1) is 0 Å². The maximum Gasteiger partial charge on any atom is 0.0870 e. The van der Waals surface area contributed by atoms with Gasteiger partial charge in [0.25, 0.3) is 0 Å². The molecule has 0 saturated carbocycles. The lowest BCUT2D eigenvalue weighted by molar-refractivity contribution is 0.385. The third-order valence-corrected chi connectivity index (χ3v) is 4.28. The van der Waals surface area contributed by atoms with E-state index in [1.54, 1.807) is 0 Å². The summed E-state index contributed by atoms with van der Waals surface area (Å²) in [7, 11) is 0. The van der Waals surface area contributed by atoms with Crippen LogP contribution in [0.15, 0.2) is 54.9 Å². The second-order valence-corrected chi connectivity index (χ2v) is 6.44. The second-order valence-electron chi connectivity index (χ2n) is 6.00. The molecule has 1 aliphatic rings. The van der Waals surface area contributed by atoms with Gasteiger partial charge < -0.3 is 10.2 Å². The number of rotatable bonds is 4. The van der Waals surface area contributed by atoms with Crippen LogP contribution in [0.3, 0.4) is 0 Å². The van der Waals surface area contributed by atoms with E-state index in [9.17, 15) is 0 Å². The van der Waals surface area contributed by atoms with Gasteiger partial charge in [-0.25, -0.2) is 0 Å². The maximum atomic E-state index is 6.03. The number of hydrogen-bond donors (Lipinski definition) is 1. The van der Waals surface area contributed by atoms with Gasteiger partial charge in [0.1, 0.15) is 0 Å². The molecule has 114 valence electrons. The zero-order chi connectivity index (χ0) is 15.5. The third kappa shape index (κ3) is 3.28. The fraction of sp³-hybridized carbons (Fsp3) is 0.263. The molecule has 3 rings (SSSR count). The molecular formula is C19H21ClN2. The van der Waals surface area contributed by atoms with Gasteiger partial charge >= 0.3 is 0 Å². The molecule has 0 fully saturated rings. The van der Waals surface area contributed by atoms with E-state index in [2.05, 4.69) is 60.6 Å². The lowest BCUT2D eigenvalue weighted by Gasteiger charge is -2.19. The van der Waals surface area contributed by atoms with E-state index in [0.29, 0.717) is 5.92 Å². The summed E-state index contributed by atoms with van der Waals surface area (Å²) < 4.78 is 0. The minimum atomic E-state index is 0.522. The fourth-order valence-corrected chi connectivity index (χ4v) is 2.82. The summed E-state index contributed by atoms with van der Waals surface area (Å²) in [6.07, 6.45) is 4.09. The van der Waals surface area contributed by atoms with Gasteiger partial charge in [-0.05, 0) is 40.3 Å². The zero-order valence-electron chi connectivity index (χ0n) is 13.0. The SMILES string of the molecule is CC(C)c1ccc(CN2C=CNC2)c(-c2ccc(Cl)cc2)c1. The molecule has 2 nitrogen and oxygen atoms in total. The molecule has 0 bridgehead atoms. The highest BCUT2D eigenvalue weighted by Crippen LogP contribution is 2.30. The van der Waals surface area contributed by atoms with Gasteiger partial charge in [-0.3, -0.25) is 0 Å². The molecule has 0 aliphatic carbocycles. The Hall–Kier alpha value is -1.93. The van der Waals surface area contributed by atoms with Crippen molar-refractivity contribution in [3.63, 3.8) is 0 Å². The Bertz CT molecular complexity index is 674. The van der Waals surface area contributed by atoms with Gasteiger partial charge in [-0.1, -0.05) is 55.8 Å². The predicted octanol–water partition coefficient (Wildman–Crippen LogP) is 4.96. The van der Waals surface area contributed by atoms with Crippen LogP contribution in [0.1, 0.15) is 30.9 Å². The van der Waals surface area contributed by atoms with E-state index >= 15 is 0 Å². The zero-order valence-corrected chi connectivity index (χ0v) is 13.8. The first-order valence-electron chi connectivity index (χ1n) is 7.66. The molecule has 2 aromatic rings. The molecule has 1 N–H and O–H groups in total. The van der Waals surface area contributed by atoms with Gasteiger partial charge in [-0.2, -0.15) is 0 Å². The van der Waals surface area contributed by atoms with Crippen LogP contribution in [0.2, 0.25) is 5.02 Å². The van der Waals surface area contributed by atoms with Crippen LogP contribution < -0.4 is 5.32 Å². The van der Waals surface area contributed by atoms with Crippen molar-refractivity contribution in [1.82, 2.24) is 10.2 Å². The van der Waals surface area contributed by atoms with Crippen molar-refractivity contribution in [2.75, 3.05) is 6.67 Å². The first kappa shape index (κ1) is 15.0. The largest absolute Gasteiger partial charge is 0.373 e. The highest BCUT2D eigenvalue weighted by atomic mass is 35.5. The van der Waals surface area contributed by atoms with Crippen molar-refractivity contribution < 1.29 is 0 Å². The Labute approximate surface area is 137 Å². The van der Waals surface area contributed by atoms with E-state index in [1.165, 1.54) is 22.3 Å². The van der Waals surface area contributed by atoms with Gasteiger partial charge in [0.2, 0.25) is 0 Å². The molecule has 0 unspecified atom stereocenters. The van der Waals surface area contributed by atoms with Crippen LogP contribution in [0.4, 0.5) is 0 Å². The average molecular weight is 313 g/mol. The Morgan fingerprint density at radius 3 is 2.55 bits per heavy atom. The molecule has 22 heavy (non-hydrogen) atoms. The minimum Gasteiger partial charge on any atom is -0.373 e. The van der Waals surface area contributed by atoms with Crippen LogP contribution in [-0.4, -0.2) is 11.6 Å². The number of hydrogen-bond acceptors (Lipinski definition) is 2. The van der Waals surface area contributed by atoms with E-state index in [0.717, 1.165) is 18.2 Å². The summed E-state index contributed by atoms with van der Waals surface area (Å²) in [5.41, 5.74) is 5.21. The van der Waals surface area contributed by atoms with Crippen molar-refractivity contribution in [3.8, 4) is 11.1 Å². The molecule has 0 atom stereocenters. The normalized spacial score (nSPS) is 13.7. The predicted molar refractivity (Wildman–Crippen MR) is 93.7 cm³/mol. The fourth-order valence-electron chi connectivity index (χ4n) is 2.70. The molecule has 1 aliphatic heterocycles. The van der Waals surface area contributed by atoms with E-state index in [4.69, 9.17) is 11.6 Å². The summed E-state index contributed by atoms with van der Waals surface area (Å²) in [5, 5.41) is 3.99. The summed E-state index contributed by atoms with van der Waals surface area (Å²) in [6.45, 7) is 6.23. The summed E-state index contributed by atoms with van der Waals surface area (Å²) in [6, 6.07) is 14.9. The number of halogens is 1. The Morgan fingerprint density at radius 2 is 1.91 bits per heavy atom. The van der Waals surface area contributed by atoms with Gasteiger partial charge in [0.05, 0.1) is 6.67 Å². The minimum absolute atomic E-state index is 0.522. The summed E-state index contributed by atoms with van der Waals surface area (Å²) in [4.78, 5) is 2.27. The molecule has 0 saturated heterocycles. The van der Waals surface area contributed by atoms with Gasteiger partial charge in [0, 0.05) is 24.0 Å². The lowest BCUT2D eigenvalue weighted by Crippen LogP contribution is -2.20.